The molecule has 1 aliphatic rings. The summed E-state index contributed by atoms with van der Waals surface area (Å²) in [5.41, 5.74) is 7.89. The topological polar surface area (TPSA) is 58.3 Å². The van der Waals surface area contributed by atoms with Crippen LogP contribution in [0.2, 0.25) is 0 Å². The number of hydrogen-bond acceptors (Lipinski definition) is 3. The Labute approximate surface area is 98.2 Å². The number of hydrogen-bond donors (Lipinski definition) is 3. The van der Waals surface area contributed by atoms with E-state index in [1.54, 1.807) is 12.1 Å². The number of phenolic OH excluding ortho intramolecular Hbond substituents is 1. The van der Waals surface area contributed by atoms with E-state index in [1.807, 2.05) is 13.1 Å². The highest BCUT2D eigenvalue weighted by Crippen LogP contribution is 2.40. The molecule has 1 aromatic carbocycles. The fraction of sp³-hybridized carbons (Fsp3) is 0.500. The van der Waals surface area contributed by atoms with Crippen LogP contribution in [-0.4, -0.2) is 24.1 Å². The van der Waals surface area contributed by atoms with Gasteiger partial charge in [0.1, 0.15) is 5.75 Å². The van der Waals surface area contributed by atoms with Gasteiger partial charge in [0.05, 0.1) is 0 Å². The minimum Gasteiger partial charge on any atom is -0.508 e. The Hall–Kier alpha value is -0.790. The van der Waals surface area contributed by atoms with Gasteiger partial charge in [-0.1, -0.05) is 6.07 Å². The average molecular weight is 238 g/mol. The molecule has 2 rings (SSSR count). The van der Waals surface area contributed by atoms with Crippen molar-refractivity contribution >= 4 is 14.3 Å². The predicted octanol–water partition coefficient (Wildman–Crippen LogP) is 2.08. The molecule has 0 bridgehead atoms. The summed E-state index contributed by atoms with van der Waals surface area (Å²) in [5, 5.41) is 12.7. The fourth-order valence-electron chi connectivity index (χ4n) is 2.30. The number of aromatic hydroxyl groups is 1. The molecule has 4 heteroatoms. The predicted molar refractivity (Wildman–Crippen MR) is 70.5 cm³/mol. The van der Waals surface area contributed by atoms with Gasteiger partial charge in [0, 0.05) is 17.5 Å². The lowest BCUT2D eigenvalue weighted by molar-refractivity contribution is 0.475. The van der Waals surface area contributed by atoms with E-state index in [1.165, 1.54) is 24.6 Å². The maximum Gasteiger partial charge on any atom is 0.117 e. The van der Waals surface area contributed by atoms with Crippen molar-refractivity contribution in [1.29, 1.82) is 0 Å². The quantitative estimate of drug-likeness (QED) is 0.546. The molecule has 0 amide bonds. The van der Waals surface area contributed by atoms with Crippen molar-refractivity contribution in [3.05, 3.63) is 23.8 Å². The van der Waals surface area contributed by atoms with Crippen LogP contribution in [0.15, 0.2) is 18.2 Å². The highest BCUT2D eigenvalue weighted by molar-refractivity contribution is 7.38. The molecule has 4 N–H and O–H groups in total. The molecular weight excluding hydrogens is 219 g/mol. The van der Waals surface area contributed by atoms with Gasteiger partial charge in [-0.25, -0.2) is 0 Å². The molecule has 16 heavy (non-hydrogen) atoms. The SMILES string of the molecule is CNC1CCC(c2ccc(O)cc2N)CP1. The van der Waals surface area contributed by atoms with Crippen molar-refractivity contribution in [2.24, 2.45) is 0 Å². The zero-order valence-corrected chi connectivity index (χ0v) is 10.5. The summed E-state index contributed by atoms with van der Waals surface area (Å²) >= 11 is 0. The van der Waals surface area contributed by atoms with Gasteiger partial charge in [-0.15, -0.1) is 8.58 Å². The zero-order valence-electron chi connectivity index (χ0n) is 9.53. The molecule has 0 aliphatic carbocycles. The van der Waals surface area contributed by atoms with E-state index in [4.69, 9.17) is 5.73 Å². The lowest BCUT2D eigenvalue weighted by atomic mass is 9.94. The molecule has 1 fully saturated rings. The second-order valence-electron chi connectivity index (χ2n) is 4.34. The number of nitrogen functional groups attached to an aromatic ring is 1. The molecule has 0 radical (unpaired) electrons. The van der Waals surface area contributed by atoms with Gasteiger partial charge < -0.3 is 16.2 Å². The molecule has 1 saturated heterocycles. The second-order valence-corrected chi connectivity index (χ2v) is 5.85. The summed E-state index contributed by atoms with van der Waals surface area (Å²) in [6, 6.07) is 5.36. The van der Waals surface area contributed by atoms with E-state index in [2.05, 4.69) is 5.32 Å². The lowest BCUT2D eigenvalue weighted by Crippen LogP contribution is -2.26. The van der Waals surface area contributed by atoms with Gasteiger partial charge in [-0.05, 0) is 43.6 Å². The molecule has 3 unspecified atom stereocenters. The first-order valence-corrected chi connectivity index (χ1v) is 6.98. The summed E-state index contributed by atoms with van der Waals surface area (Å²) < 4.78 is 0. The van der Waals surface area contributed by atoms with E-state index < -0.39 is 0 Å². The summed E-state index contributed by atoms with van der Waals surface area (Å²) in [6.07, 6.45) is 3.62. The first kappa shape index (κ1) is 11.7. The molecule has 3 nitrogen and oxygen atoms in total. The average Bonchev–Trinajstić information content (AvgIpc) is 2.29. The van der Waals surface area contributed by atoms with Gasteiger partial charge in [-0.2, -0.15) is 0 Å². The van der Waals surface area contributed by atoms with Crippen LogP contribution in [0.4, 0.5) is 5.69 Å². The standard InChI is InChI=1S/C12H19N2OP/c1-14-12-5-2-8(7-16-12)10-4-3-9(15)6-11(10)13/h3-4,6,8,12,14-16H,2,5,7,13H2,1H3. The first-order chi connectivity index (χ1) is 7.70. The molecule has 1 aliphatic heterocycles. The van der Waals surface area contributed by atoms with E-state index in [0.717, 1.165) is 14.3 Å². The lowest BCUT2D eigenvalue weighted by Gasteiger charge is -2.29. The third-order valence-electron chi connectivity index (χ3n) is 3.27. The van der Waals surface area contributed by atoms with E-state index >= 15 is 0 Å². The Balaban J connectivity index is 2.08. The molecule has 1 aromatic rings. The third-order valence-corrected chi connectivity index (χ3v) is 5.07. The summed E-state index contributed by atoms with van der Waals surface area (Å²) in [4.78, 5) is 0. The second kappa shape index (κ2) is 5.03. The number of nitrogens with two attached hydrogens (primary N) is 1. The fourth-order valence-corrected chi connectivity index (χ4v) is 3.87. The van der Waals surface area contributed by atoms with Gasteiger partial charge in [0.2, 0.25) is 0 Å². The van der Waals surface area contributed by atoms with E-state index in [0.29, 0.717) is 11.7 Å². The maximum absolute atomic E-state index is 9.33. The Kier molecular flexibility index (Phi) is 3.67. The van der Waals surface area contributed by atoms with Gasteiger partial charge in [-0.3, -0.25) is 0 Å². The van der Waals surface area contributed by atoms with E-state index in [9.17, 15) is 5.11 Å². The van der Waals surface area contributed by atoms with Crippen LogP contribution in [-0.2, 0) is 0 Å². The molecular formula is C12H19N2OP. The van der Waals surface area contributed by atoms with E-state index in [-0.39, 0.29) is 5.75 Å². The molecule has 1 heterocycles. The summed E-state index contributed by atoms with van der Waals surface area (Å²) in [7, 11) is 3.00. The monoisotopic (exact) mass is 238 g/mol. The first-order valence-electron chi connectivity index (χ1n) is 5.69. The number of anilines is 1. The van der Waals surface area contributed by atoms with Crippen molar-refractivity contribution in [2.45, 2.75) is 24.5 Å². The number of phenols is 1. The zero-order chi connectivity index (χ0) is 11.5. The highest BCUT2D eigenvalue weighted by atomic mass is 31.1. The van der Waals surface area contributed by atoms with Crippen LogP contribution in [0.5, 0.6) is 5.75 Å². The van der Waals surface area contributed by atoms with Crippen LogP contribution < -0.4 is 11.1 Å². The van der Waals surface area contributed by atoms with Crippen molar-refractivity contribution in [1.82, 2.24) is 5.32 Å². The van der Waals surface area contributed by atoms with Crippen molar-refractivity contribution in [3.8, 4) is 5.75 Å². The van der Waals surface area contributed by atoms with Crippen LogP contribution in [0.3, 0.4) is 0 Å². The number of nitrogens with one attached hydrogen (secondary N) is 1. The molecule has 0 aromatic heterocycles. The molecule has 0 saturated carbocycles. The highest BCUT2D eigenvalue weighted by Gasteiger charge is 2.22. The largest absolute Gasteiger partial charge is 0.508 e. The van der Waals surface area contributed by atoms with Crippen LogP contribution >= 0.6 is 8.58 Å². The Morgan fingerprint density at radius 1 is 1.44 bits per heavy atom. The third kappa shape index (κ3) is 2.47. The molecule has 0 spiro atoms. The molecule has 88 valence electrons. The van der Waals surface area contributed by atoms with Crippen molar-refractivity contribution in [3.63, 3.8) is 0 Å². The Morgan fingerprint density at radius 2 is 2.25 bits per heavy atom. The number of benzene rings is 1. The van der Waals surface area contributed by atoms with Gasteiger partial charge >= 0.3 is 0 Å². The van der Waals surface area contributed by atoms with Crippen LogP contribution in [0.1, 0.15) is 24.3 Å². The van der Waals surface area contributed by atoms with Crippen LogP contribution in [0.25, 0.3) is 0 Å². The Bertz CT molecular complexity index is 362. The minimum absolute atomic E-state index is 0.257. The summed E-state index contributed by atoms with van der Waals surface area (Å²) in [6.45, 7) is 0. The maximum atomic E-state index is 9.33. The van der Waals surface area contributed by atoms with Crippen molar-refractivity contribution in [2.75, 3.05) is 18.9 Å². The number of rotatable bonds is 2. The molecule has 3 atom stereocenters. The smallest absolute Gasteiger partial charge is 0.117 e. The van der Waals surface area contributed by atoms with Crippen molar-refractivity contribution < 1.29 is 5.11 Å². The van der Waals surface area contributed by atoms with Crippen LogP contribution in [0, 0.1) is 0 Å². The Morgan fingerprint density at radius 3 is 2.81 bits per heavy atom. The van der Waals surface area contributed by atoms with Gasteiger partial charge in [0.25, 0.3) is 0 Å². The minimum atomic E-state index is 0.257. The normalized spacial score (nSPS) is 27.1. The van der Waals surface area contributed by atoms with Gasteiger partial charge in [0.15, 0.2) is 0 Å². The summed E-state index contributed by atoms with van der Waals surface area (Å²) in [5.74, 6) is 1.52.